The maximum Gasteiger partial charge on any atom is 1.00 e. The summed E-state index contributed by atoms with van der Waals surface area (Å²) in [5.74, 6) is 1.31. The molecule has 0 aliphatic carbocycles. The van der Waals surface area contributed by atoms with Gasteiger partial charge < -0.3 is 10.8 Å². The zero-order valence-electron chi connectivity index (χ0n) is 10.1. The van der Waals surface area contributed by atoms with Crippen molar-refractivity contribution in [2.45, 2.75) is 39.8 Å². The van der Waals surface area contributed by atoms with Gasteiger partial charge in [0.1, 0.15) is 0 Å². The molecule has 0 unspecified atom stereocenters. The summed E-state index contributed by atoms with van der Waals surface area (Å²) in [6.07, 6.45) is -2.41. The van der Waals surface area contributed by atoms with Crippen LogP contribution < -0.4 is 51.4 Å². The second kappa shape index (κ2) is 9.42. The molecule has 0 N–H and O–H groups in total. The van der Waals surface area contributed by atoms with Crippen LogP contribution in [-0.2, 0) is 0 Å². The molecule has 0 aromatic carbocycles. The van der Waals surface area contributed by atoms with Gasteiger partial charge in [0.05, 0.1) is 6.54 Å². The maximum absolute atomic E-state index is 11.9. The van der Waals surface area contributed by atoms with Gasteiger partial charge in [0.25, 0.3) is 0 Å². The molecular formula is C10H19F3KN. The first-order chi connectivity index (χ1) is 6.47. The van der Waals surface area contributed by atoms with E-state index in [2.05, 4.69) is 0 Å². The molecule has 0 amide bonds. The fourth-order valence-corrected chi connectivity index (χ4v) is 1.35. The van der Waals surface area contributed by atoms with Gasteiger partial charge in [-0.05, 0) is 13.1 Å². The summed E-state index contributed by atoms with van der Waals surface area (Å²) in [7, 11) is 0. The minimum Gasteiger partial charge on any atom is -0.314 e. The first-order valence-electron chi connectivity index (χ1n) is 5.08. The van der Waals surface area contributed by atoms with Gasteiger partial charge in [-0.2, -0.15) is 32.9 Å². The van der Waals surface area contributed by atoms with Gasteiger partial charge in [-0.3, -0.25) is 0 Å². The summed E-state index contributed by atoms with van der Waals surface area (Å²) in [6.45, 7) is 6.38. The monoisotopic (exact) mass is 249 g/mol. The molecule has 1 aliphatic heterocycles. The number of nitrogens with zero attached hydrogens (tertiary/aromatic N) is 1. The van der Waals surface area contributed by atoms with Crippen LogP contribution >= 0.6 is 0 Å². The van der Waals surface area contributed by atoms with Gasteiger partial charge in [-0.25, -0.2) is 0 Å². The maximum atomic E-state index is 11.9. The Kier molecular flexibility index (Phi) is 11.8. The van der Waals surface area contributed by atoms with E-state index in [0.29, 0.717) is 13.1 Å². The van der Waals surface area contributed by atoms with Crippen LogP contribution in [0.3, 0.4) is 0 Å². The molecule has 15 heavy (non-hydrogen) atoms. The molecule has 1 saturated heterocycles. The number of alkyl halides is 3. The Bertz CT molecular complexity index is 142. The van der Waals surface area contributed by atoms with Crippen molar-refractivity contribution in [3.05, 3.63) is 5.92 Å². The topological polar surface area (TPSA) is 3.24 Å². The Balaban J connectivity index is 0. The number of piperidine rings is 1. The normalized spacial score (nSPS) is 18.8. The molecule has 0 spiro atoms. The largest absolute Gasteiger partial charge is 1.00 e. The molecule has 0 aromatic rings. The van der Waals surface area contributed by atoms with E-state index in [4.69, 9.17) is 0 Å². The van der Waals surface area contributed by atoms with Crippen molar-refractivity contribution in [2.24, 2.45) is 0 Å². The molecular weight excluding hydrogens is 230 g/mol. The second-order valence-electron chi connectivity index (χ2n) is 3.35. The predicted octanol–water partition coefficient (Wildman–Crippen LogP) is 0.269. The summed E-state index contributed by atoms with van der Waals surface area (Å²) < 4.78 is 35.7. The first kappa shape index (κ1) is 18.7. The third-order valence-electron chi connectivity index (χ3n) is 2.11. The Morgan fingerprint density at radius 3 is 1.87 bits per heavy atom. The number of likely N-dealkylation sites (tertiary alicyclic amines) is 1. The van der Waals surface area contributed by atoms with E-state index in [-0.39, 0.29) is 51.4 Å². The molecule has 1 nitrogen and oxygen atoms in total. The summed E-state index contributed by atoms with van der Waals surface area (Å²) in [5, 5.41) is 0. The van der Waals surface area contributed by atoms with Gasteiger partial charge in [-0.1, -0.05) is 13.8 Å². The molecule has 1 fully saturated rings. The number of hydrogen-bond acceptors (Lipinski definition) is 1. The molecule has 0 aromatic heterocycles. The molecule has 1 heterocycles. The van der Waals surface area contributed by atoms with Crippen molar-refractivity contribution in [3.8, 4) is 0 Å². The van der Waals surface area contributed by atoms with E-state index < -0.39 is 12.7 Å². The third kappa shape index (κ3) is 10.3. The number of hydrogen-bond donors (Lipinski definition) is 0. The van der Waals surface area contributed by atoms with E-state index in [1.165, 1.54) is 10.8 Å². The van der Waals surface area contributed by atoms with Crippen LogP contribution in [0.1, 0.15) is 33.6 Å². The van der Waals surface area contributed by atoms with Gasteiger partial charge in [0, 0.05) is 0 Å². The van der Waals surface area contributed by atoms with E-state index in [1.54, 1.807) is 0 Å². The molecule has 5 heteroatoms. The van der Waals surface area contributed by atoms with Crippen molar-refractivity contribution in [1.29, 1.82) is 0 Å². The van der Waals surface area contributed by atoms with E-state index in [0.717, 1.165) is 12.8 Å². The molecule has 0 radical (unpaired) electrons. The minimum atomic E-state index is -4.04. The average Bonchev–Trinajstić information content (AvgIpc) is 2.10. The van der Waals surface area contributed by atoms with Crippen LogP contribution in [-0.4, -0.2) is 30.7 Å². The SMILES string of the molecule is CC.C[C-]1CCN(CC(F)(F)F)CC1.[K+]. The summed E-state index contributed by atoms with van der Waals surface area (Å²) in [6, 6.07) is 0. The molecule has 1 rings (SSSR count). The van der Waals surface area contributed by atoms with Gasteiger partial charge in [-0.15, -0.1) is 0 Å². The van der Waals surface area contributed by atoms with Crippen LogP contribution in [0.5, 0.6) is 0 Å². The van der Waals surface area contributed by atoms with Crippen LogP contribution in [0.2, 0.25) is 0 Å². The fourth-order valence-electron chi connectivity index (χ4n) is 1.35. The van der Waals surface area contributed by atoms with E-state index in [1.807, 2.05) is 20.8 Å². The zero-order chi connectivity index (χ0) is 11.2. The van der Waals surface area contributed by atoms with Gasteiger partial charge in [0.2, 0.25) is 0 Å². The van der Waals surface area contributed by atoms with Gasteiger partial charge in [0.15, 0.2) is 0 Å². The minimum absolute atomic E-state index is 0. The third-order valence-corrected chi connectivity index (χ3v) is 2.11. The Morgan fingerprint density at radius 2 is 1.53 bits per heavy atom. The average molecular weight is 249 g/mol. The Labute approximate surface area is 133 Å². The second-order valence-corrected chi connectivity index (χ2v) is 3.35. The van der Waals surface area contributed by atoms with Crippen LogP contribution in [0.4, 0.5) is 13.2 Å². The smallest absolute Gasteiger partial charge is 0.314 e. The molecule has 1 aliphatic rings. The Morgan fingerprint density at radius 1 is 1.13 bits per heavy atom. The molecule has 0 bridgehead atoms. The van der Waals surface area contributed by atoms with Crippen molar-refractivity contribution < 1.29 is 64.6 Å². The summed E-state index contributed by atoms with van der Waals surface area (Å²) in [4.78, 5) is 1.47. The van der Waals surface area contributed by atoms with E-state index in [9.17, 15) is 13.2 Å². The van der Waals surface area contributed by atoms with Crippen molar-refractivity contribution >= 4 is 0 Å². The van der Waals surface area contributed by atoms with Crippen LogP contribution in [0, 0.1) is 5.92 Å². The van der Waals surface area contributed by atoms with Crippen molar-refractivity contribution in [3.63, 3.8) is 0 Å². The van der Waals surface area contributed by atoms with Crippen LogP contribution in [0.25, 0.3) is 0 Å². The first-order valence-corrected chi connectivity index (χ1v) is 5.08. The fraction of sp³-hybridized carbons (Fsp3) is 0.900. The zero-order valence-corrected chi connectivity index (χ0v) is 13.2. The molecule has 86 valence electrons. The Hall–Kier alpha value is 1.39. The number of rotatable bonds is 1. The van der Waals surface area contributed by atoms with Crippen molar-refractivity contribution in [2.75, 3.05) is 19.6 Å². The quantitative estimate of drug-likeness (QED) is 0.476. The standard InChI is InChI=1S/C8H13F3N.C2H6.K/c1-7-2-4-12(5-3-7)6-8(9,10)11;1-2;/h2-6H2,1H3;1-2H3;/q-1;;+1. The van der Waals surface area contributed by atoms with Gasteiger partial charge >= 0.3 is 57.6 Å². The van der Waals surface area contributed by atoms with E-state index >= 15 is 0 Å². The number of halogens is 3. The van der Waals surface area contributed by atoms with Crippen molar-refractivity contribution in [1.82, 2.24) is 4.90 Å². The molecule has 0 saturated carbocycles. The summed E-state index contributed by atoms with van der Waals surface area (Å²) >= 11 is 0. The predicted molar refractivity (Wildman–Crippen MR) is 52.0 cm³/mol. The van der Waals surface area contributed by atoms with Crippen LogP contribution in [0.15, 0.2) is 0 Å². The summed E-state index contributed by atoms with van der Waals surface area (Å²) in [5.41, 5.74) is 0. The molecule has 0 atom stereocenters.